The Balaban J connectivity index is 1.99. The Morgan fingerprint density at radius 3 is 2.19 bits per heavy atom. The minimum atomic E-state index is -0.491. The molecule has 2 aromatic carbocycles. The third-order valence-electron chi connectivity index (χ3n) is 4.04. The summed E-state index contributed by atoms with van der Waals surface area (Å²) in [7, 11) is 1.65. The van der Waals surface area contributed by atoms with Gasteiger partial charge < -0.3 is 21.0 Å². The Kier molecular flexibility index (Phi) is 4.91. The lowest BCUT2D eigenvalue weighted by Gasteiger charge is -2.18. The van der Waals surface area contributed by atoms with Crippen LogP contribution >= 0.6 is 0 Å². The molecule has 7 nitrogen and oxygen atoms in total. The van der Waals surface area contributed by atoms with E-state index in [4.69, 9.17) is 17.3 Å². The smallest absolute Gasteiger partial charge is 0.248 e. The van der Waals surface area contributed by atoms with Crippen molar-refractivity contribution >= 4 is 17.3 Å². The molecule has 0 saturated carbocycles. The van der Waals surface area contributed by atoms with Gasteiger partial charge in [-0.25, -0.2) is 15.2 Å². The average molecular weight is 366 g/mol. The highest BCUT2D eigenvalue weighted by Gasteiger charge is 2.15. The van der Waals surface area contributed by atoms with Crippen LogP contribution in [0, 0.1) is 5.82 Å². The molecule has 3 rings (SSSR count). The molecule has 8 heteroatoms. The second-order valence-corrected chi connectivity index (χ2v) is 5.96. The molecule has 0 aliphatic carbocycles. The minimum Gasteiger partial charge on any atom is -0.396 e. The summed E-state index contributed by atoms with van der Waals surface area (Å²) in [4.78, 5) is 15.6. The largest absolute Gasteiger partial charge is 0.396 e. The lowest BCUT2D eigenvalue weighted by molar-refractivity contribution is 0.100. The molecular weight excluding hydrogens is 347 g/mol. The van der Waals surface area contributed by atoms with Crippen molar-refractivity contribution in [2.24, 2.45) is 17.3 Å². The van der Waals surface area contributed by atoms with Gasteiger partial charge in [-0.15, -0.1) is 0 Å². The Hall–Kier alpha value is -3.65. The molecule has 0 unspecified atom stereocenters. The number of carbonyl (C=O) groups is 1. The first-order valence-electron chi connectivity index (χ1n) is 8.05. The normalized spacial score (nSPS) is 11.8. The quantitative estimate of drug-likeness (QED) is 0.469. The molecule has 1 amide bonds. The number of primary amides is 1. The predicted octanol–water partition coefficient (Wildman–Crippen LogP) is 1.70. The monoisotopic (exact) mass is 366 g/mol. The van der Waals surface area contributed by atoms with Crippen LogP contribution in [-0.2, 0) is 0 Å². The van der Waals surface area contributed by atoms with E-state index in [9.17, 15) is 9.18 Å². The second-order valence-electron chi connectivity index (χ2n) is 5.96. The third-order valence-corrected chi connectivity index (χ3v) is 4.04. The standard InChI is InChI=1S/C19H19FN6O/c1-25(23)18(17(21)12-2-6-14(20)7-3-12)16-10-26(11-24-16)15-8-4-13(5-9-15)19(22)27/h2-11H,21,23H2,1H3,(H2,22,27)/b18-17-. The van der Waals surface area contributed by atoms with Crippen molar-refractivity contribution < 1.29 is 9.18 Å². The van der Waals surface area contributed by atoms with E-state index in [1.54, 1.807) is 60.5 Å². The van der Waals surface area contributed by atoms with Gasteiger partial charge in [0.1, 0.15) is 17.2 Å². The van der Waals surface area contributed by atoms with Gasteiger partial charge in [-0.1, -0.05) is 0 Å². The maximum Gasteiger partial charge on any atom is 0.248 e. The first-order chi connectivity index (χ1) is 12.9. The van der Waals surface area contributed by atoms with Crippen molar-refractivity contribution in [2.75, 3.05) is 7.05 Å². The summed E-state index contributed by atoms with van der Waals surface area (Å²) in [6, 6.07) is 12.6. The topological polar surface area (TPSA) is 116 Å². The van der Waals surface area contributed by atoms with Crippen LogP contribution in [0.15, 0.2) is 61.1 Å². The number of rotatable bonds is 5. The first kappa shape index (κ1) is 18.2. The van der Waals surface area contributed by atoms with Crippen molar-refractivity contribution in [1.82, 2.24) is 14.6 Å². The summed E-state index contributed by atoms with van der Waals surface area (Å²) in [5, 5.41) is 1.36. The van der Waals surface area contributed by atoms with E-state index >= 15 is 0 Å². The molecule has 27 heavy (non-hydrogen) atoms. The maximum atomic E-state index is 13.2. The van der Waals surface area contributed by atoms with Crippen LogP contribution in [-0.4, -0.2) is 27.5 Å². The summed E-state index contributed by atoms with van der Waals surface area (Å²) < 4.78 is 14.9. The number of halogens is 1. The van der Waals surface area contributed by atoms with Crippen molar-refractivity contribution in [3.8, 4) is 5.69 Å². The van der Waals surface area contributed by atoms with Crippen molar-refractivity contribution in [3.05, 3.63) is 83.7 Å². The number of amides is 1. The van der Waals surface area contributed by atoms with Gasteiger partial charge in [0.2, 0.25) is 5.91 Å². The van der Waals surface area contributed by atoms with Gasteiger partial charge in [0.15, 0.2) is 0 Å². The van der Waals surface area contributed by atoms with E-state index in [-0.39, 0.29) is 5.82 Å². The molecule has 3 aromatic rings. The molecule has 0 aliphatic heterocycles. The number of nitrogens with two attached hydrogens (primary N) is 3. The number of hydrazine groups is 1. The van der Waals surface area contributed by atoms with Gasteiger partial charge in [-0.05, 0) is 54.1 Å². The summed E-state index contributed by atoms with van der Waals surface area (Å²) in [6.45, 7) is 0. The minimum absolute atomic E-state index is 0.349. The van der Waals surface area contributed by atoms with Gasteiger partial charge in [0.05, 0.1) is 12.0 Å². The van der Waals surface area contributed by atoms with E-state index in [1.165, 1.54) is 17.1 Å². The molecule has 1 aromatic heterocycles. The summed E-state index contributed by atoms with van der Waals surface area (Å²) in [5.41, 5.74) is 14.8. The zero-order valence-corrected chi connectivity index (χ0v) is 14.6. The van der Waals surface area contributed by atoms with Crippen LogP contribution in [0.5, 0.6) is 0 Å². The Labute approximate surface area is 155 Å². The van der Waals surface area contributed by atoms with Crippen LogP contribution in [0.3, 0.4) is 0 Å². The van der Waals surface area contributed by atoms with Gasteiger partial charge >= 0.3 is 0 Å². The molecule has 0 bridgehead atoms. The fourth-order valence-corrected chi connectivity index (χ4v) is 2.66. The average Bonchev–Trinajstić information content (AvgIpc) is 3.11. The molecule has 138 valence electrons. The number of nitrogens with zero attached hydrogens (tertiary/aromatic N) is 3. The Bertz CT molecular complexity index is 990. The van der Waals surface area contributed by atoms with Crippen molar-refractivity contribution in [2.45, 2.75) is 0 Å². The molecule has 6 N–H and O–H groups in total. The van der Waals surface area contributed by atoms with Crippen LogP contribution in [0.4, 0.5) is 4.39 Å². The molecule has 0 saturated heterocycles. The van der Waals surface area contributed by atoms with E-state index in [0.29, 0.717) is 28.2 Å². The maximum absolute atomic E-state index is 13.2. The molecule has 0 fully saturated rings. The Morgan fingerprint density at radius 2 is 1.63 bits per heavy atom. The molecule has 0 atom stereocenters. The van der Waals surface area contributed by atoms with Crippen molar-refractivity contribution in [3.63, 3.8) is 0 Å². The first-order valence-corrected chi connectivity index (χ1v) is 8.05. The highest BCUT2D eigenvalue weighted by molar-refractivity contribution is 5.93. The fourth-order valence-electron chi connectivity index (χ4n) is 2.66. The lowest BCUT2D eigenvalue weighted by atomic mass is 10.1. The molecule has 1 heterocycles. The molecule has 0 spiro atoms. The number of hydrogen-bond acceptors (Lipinski definition) is 5. The molecule has 0 aliphatic rings. The van der Waals surface area contributed by atoms with E-state index in [0.717, 1.165) is 5.69 Å². The van der Waals surface area contributed by atoms with Gasteiger partial charge in [0.25, 0.3) is 0 Å². The van der Waals surface area contributed by atoms with Crippen LogP contribution in [0.1, 0.15) is 21.6 Å². The van der Waals surface area contributed by atoms with Crippen LogP contribution in [0.25, 0.3) is 17.1 Å². The molecular formula is C19H19FN6O. The lowest BCUT2D eigenvalue weighted by Crippen LogP contribution is -2.27. The van der Waals surface area contributed by atoms with Crippen LogP contribution in [0.2, 0.25) is 0 Å². The van der Waals surface area contributed by atoms with Crippen molar-refractivity contribution in [1.29, 1.82) is 0 Å². The number of imidazole rings is 1. The summed E-state index contributed by atoms with van der Waals surface area (Å²) in [6.07, 6.45) is 3.37. The van der Waals surface area contributed by atoms with Gasteiger partial charge in [-0.2, -0.15) is 0 Å². The number of benzene rings is 2. The van der Waals surface area contributed by atoms with E-state index < -0.39 is 5.91 Å². The number of carbonyl (C=O) groups excluding carboxylic acids is 1. The van der Waals surface area contributed by atoms with Gasteiger partial charge in [-0.3, -0.25) is 4.79 Å². The second kappa shape index (κ2) is 7.30. The summed E-state index contributed by atoms with van der Waals surface area (Å²) >= 11 is 0. The summed E-state index contributed by atoms with van der Waals surface area (Å²) in [5.74, 6) is 5.12. The third kappa shape index (κ3) is 3.80. The van der Waals surface area contributed by atoms with Gasteiger partial charge in [0, 0.05) is 24.5 Å². The van der Waals surface area contributed by atoms with E-state index in [1.807, 2.05) is 0 Å². The van der Waals surface area contributed by atoms with Crippen LogP contribution < -0.4 is 17.3 Å². The SMILES string of the molecule is CN(N)/C(=C(\N)c1ccc(F)cc1)c1cn(-c2ccc(C(N)=O)cc2)cn1. The number of hydrogen-bond donors (Lipinski definition) is 3. The highest BCUT2D eigenvalue weighted by Crippen LogP contribution is 2.24. The fraction of sp³-hybridized carbons (Fsp3) is 0.0526. The Morgan fingerprint density at radius 1 is 1.04 bits per heavy atom. The zero-order valence-electron chi connectivity index (χ0n) is 14.6. The van der Waals surface area contributed by atoms with E-state index in [2.05, 4.69) is 4.98 Å². The number of aromatic nitrogens is 2. The highest BCUT2D eigenvalue weighted by atomic mass is 19.1. The predicted molar refractivity (Wildman–Crippen MR) is 101 cm³/mol. The molecule has 0 radical (unpaired) electrons. The zero-order chi connectivity index (χ0) is 19.6.